The summed E-state index contributed by atoms with van der Waals surface area (Å²) in [4.78, 5) is 4.25. The number of rotatable bonds is 6. The van der Waals surface area contributed by atoms with Crippen LogP contribution in [0.15, 0.2) is 42.6 Å². The van der Waals surface area contributed by atoms with Gasteiger partial charge in [-0.05, 0) is 48.2 Å². The van der Waals surface area contributed by atoms with Crippen LogP contribution in [0.4, 0.5) is 5.82 Å². The Bertz CT molecular complexity index is 552. The van der Waals surface area contributed by atoms with Crippen molar-refractivity contribution in [1.29, 1.82) is 0 Å². The smallest absolute Gasteiger partial charge is 0.126 e. The fourth-order valence-electron chi connectivity index (χ4n) is 1.97. The molecule has 1 N–H and O–H groups in total. The van der Waals surface area contributed by atoms with Crippen LogP contribution in [0.5, 0.6) is 5.75 Å². The van der Waals surface area contributed by atoms with E-state index in [1.54, 1.807) is 6.20 Å². The summed E-state index contributed by atoms with van der Waals surface area (Å²) in [5.74, 6) is 2.32. The Labute approximate surface area is 121 Å². The van der Waals surface area contributed by atoms with E-state index in [4.69, 9.17) is 4.74 Å². The second-order valence-corrected chi connectivity index (χ2v) is 5.10. The number of nitrogens with zero attached hydrogens (tertiary/aromatic N) is 1. The van der Waals surface area contributed by atoms with Gasteiger partial charge in [0.25, 0.3) is 0 Å². The van der Waals surface area contributed by atoms with Crippen molar-refractivity contribution in [3.05, 3.63) is 53.7 Å². The summed E-state index contributed by atoms with van der Waals surface area (Å²) in [6.07, 6.45) is 1.81. The average Bonchev–Trinajstić information content (AvgIpc) is 2.46. The summed E-state index contributed by atoms with van der Waals surface area (Å²) in [7, 11) is 0. The minimum absolute atomic E-state index is 0.514. The molecule has 0 saturated heterocycles. The Kier molecular flexibility index (Phi) is 4.99. The molecular weight excluding hydrogens is 248 g/mol. The molecule has 1 aromatic heterocycles. The number of pyridine rings is 1. The van der Waals surface area contributed by atoms with Crippen molar-refractivity contribution in [1.82, 2.24) is 4.98 Å². The number of hydrogen-bond acceptors (Lipinski definition) is 3. The number of nitrogens with one attached hydrogen (secondary N) is 1. The van der Waals surface area contributed by atoms with Crippen molar-refractivity contribution in [3.8, 4) is 5.75 Å². The predicted molar refractivity (Wildman–Crippen MR) is 83.3 cm³/mol. The average molecular weight is 270 g/mol. The van der Waals surface area contributed by atoms with Gasteiger partial charge in [0, 0.05) is 12.7 Å². The standard InChI is InChI=1S/C17H22N2O/c1-4-18-17-10-14(8-9-19-17)12-20-16-7-5-6-15(11-16)13(2)3/h5-11,13H,4,12H2,1-3H3,(H,18,19). The number of ether oxygens (including phenoxy) is 1. The first-order valence-corrected chi connectivity index (χ1v) is 7.10. The van der Waals surface area contributed by atoms with Crippen LogP contribution in [-0.4, -0.2) is 11.5 Å². The molecule has 0 fully saturated rings. The molecule has 3 nitrogen and oxygen atoms in total. The van der Waals surface area contributed by atoms with Crippen molar-refractivity contribution in [3.63, 3.8) is 0 Å². The molecule has 106 valence electrons. The number of anilines is 1. The van der Waals surface area contributed by atoms with E-state index in [0.29, 0.717) is 12.5 Å². The molecule has 3 heteroatoms. The molecule has 2 aromatic rings. The normalized spacial score (nSPS) is 10.6. The van der Waals surface area contributed by atoms with Gasteiger partial charge in [-0.15, -0.1) is 0 Å². The van der Waals surface area contributed by atoms with E-state index < -0.39 is 0 Å². The Morgan fingerprint density at radius 2 is 2.05 bits per heavy atom. The van der Waals surface area contributed by atoms with Gasteiger partial charge in [-0.25, -0.2) is 4.98 Å². The molecule has 0 saturated carbocycles. The van der Waals surface area contributed by atoms with E-state index in [1.807, 2.05) is 24.3 Å². The van der Waals surface area contributed by atoms with E-state index in [1.165, 1.54) is 5.56 Å². The molecule has 20 heavy (non-hydrogen) atoms. The predicted octanol–water partition coefficient (Wildman–Crippen LogP) is 4.22. The molecule has 0 aliphatic rings. The maximum absolute atomic E-state index is 5.86. The SMILES string of the molecule is CCNc1cc(COc2cccc(C(C)C)c2)ccn1. The molecule has 0 atom stereocenters. The van der Waals surface area contributed by atoms with Crippen LogP contribution in [-0.2, 0) is 6.61 Å². The van der Waals surface area contributed by atoms with Crippen molar-refractivity contribution < 1.29 is 4.74 Å². The summed E-state index contributed by atoms with van der Waals surface area (Å²) in [5, 5.41) is 3.20. The molecule has 0 spiro atoms. The zero-order chi connectivity index (χ0) is 14.4. The number of hydrogen-bond donors (Lipinski definition) is 1. The van der Waals surface area contributed by atoms with Gasteiger partial charge in [-0.2, -0.15) is 0 Å². The molecule has 0 radical (unpaired) electrons. The molecule has 0 aliphatic carbocycles. The van der Waals surface area contributed by atoms with Gasteiger partial charge in [-0.1, -0.05) is 26.0 Å². The fourth-order valence-corrected chi connectivity index (χ4v) is 1.97. The first-order valence-electron chi connectivity index (χ1n) is 7.10. The number of benzene rings is 1. The molecule has 1 aromatic carbocycles. The van der Waals surface area contributed by atoms with Crippen molar-refractivity contribution in [2.24, 2.45) is 0 Å². The fraction of sp³-hybridized carbons (Fsp3) is 0.353. The van der Waals surface area contributed by atoms with Gasteiger partial charge in [0.05, 0.1) is 0 Å². The molecule has 2 rings (SSSR count). The van der Waals surface area contributed by atoms with Gasteiger partial charge in [-0.3, -0.25) is 0 Å². The Balaban J connectivity index is 2.01. The van der Waals surface area contributed by atoms with Crippen LogP contribution < -0.4 is 10.1 Å². The zero-order valence-corrected chi connectivity index (χ0v) is 12.4. The highest BCUT2D eigenvalue weighted by atomic mass is 16.5. The number of aromatic nitrogens is 1. The van der Waals surface area contributed by atoms with Crippen molar-refractivity contribution in [2.75, 3.05) is 11.9 Å². The zero-order valence-electron chi connectivity index (χ0n) is 12.4. The summed E-state index contributed by atoms with van der Waals surface area (Å²) >= 11 is 0. The van der Waals surface area contributed by atoms with Gasteiger partial charge < -0.3 is 10.1 Å². The van der Waals surface area contributed by atoms with Gasteiger partial charge in [0.1, 0.15) is 18.2 Å². The molecule has 1 heterocycles. The molecule has 0 aliphatic heterocycles. The minimum Gasteiger partial charge on any atom is -0.489 e. The first kappa shape index (κ1) is 14.4. The molecular formula is C17H22N2O. The van der Waals surface area contributed by atoms with Crippen LogP contribution in [0.3, 0.4) is 0 Å². The maximum Gasteiger partial charge on any atom is 0.126 e. The highest BCUT2D eigenvalue weighted by Crippen LogP contribution is 2.21. The summed E-state index contributed by atoms with van der Waals surface area (Å²) < 4.78 is 5.86. The highest BCUT2D eigenvalue weighted by molar-refractivity contribution is 5.37. The molecule has 0 bridgehead atoms. The lowest BCUT2D eigenvalue weighted by Crippen LogP contribution is -2.01. The monoisotopic (exact) mass is 270 g/mol. The summed E-state index contributed by atoms with van der Waals surface area (Å²) in [6, 6.07) is 12.3. The third-order valence-electron chi connectivity index (χ3n) is 3.11. The Morgan fingerprint density at radius 3 is 2.80 bits per heavy atom. The topological polar surface area (TPSA) is 34.1 Å². The van der Waals surface area contributed by atoms with E-state index in [0.717, 1.165) is 23.7 Å². The lowest BCUT2D eigenvalue weighted by Gasteiger charge is -2.10. The van der Waals surface area contributed by atoms with E-state index in [2.05, 4.69) is 43.2 Å². The second kappa shape index (κ2) is 6.94. The quantitative estimate of drug-likeness (QED) is 0.853. The Morgan fingerprint density at radius 1 is 1.20 bits per heavy atom. The highest BCUT2D eigenvalue weighted by Gasteiger charge is 2.02. The van der Waals surface area contributed by atoms with Gasteiger partial charge >= 0.3 is 0 Å². The van der Waals surface area contributed by atoms with Crippen LogP contribution in [0.25, 0.3) is 0 Å². The van der Waals surface area contributed by atoms with Gasteiger partial charge in [0.15, 0.2) is 0 Å². The van der Waals surface area contributed by atoms with Crippen LogP contribution in [0.1, 0.15) is 37.8 Å². The van der Waals surface area contributed by atoms with Crippen LogP contribution in [0, 0.1) is 0 Å². The van der Waals surface area contributed by atoms with E-state index >= 15 is 0 Å². The largest absolute Gasteiger partial charge is 0.489 e. The van der Waals surface area contributed by atoms with Gasteiger partial charge in [0.2, 0.25) is 0 Å². The molecule has 0 amide bonds. The van der Waals surface area contributed by atoms with Crippen molar-refractivity contribution >= 4 is 5.82 Å². The van der Waals surface area contributed by atoms with E-state index in [-0.39, 0.29) is 0 Å². The first-order chi connectivity index (χ1) is 9.69. The van der Waals surface area contributed by atoms with E-state index in [9.17, 15) is 0 Å². The summed E-state index contributed by atoms with van der Waals surface area (Å²) in [6.45, 7) is 7.85. The lowest BCUT2D eigenvalue weighted by atomic mass is 10.0. The van der Waals surface area contributed by atoms with Crippen LogP contribution in [0.2, 0.25) is 0 Å². The van der Waals surface area contributed by atoms with Crippen molar-refractivity contribution in [2.45, 2.75) is 33.3 Å². The summed E-state index contributed by atoms with van der Waals surface area (Å²) in [5.41, 5.74) is 2.41. The maximum atomic E-state index is 5.86. The second-order valence-electron chi connectivity index (χ2n) is 5.10. The Hall–Kier alpha value is -2.03. The van der Waals surface area contributed by atoms with Crippen LogP contribution >= 0.6 is 0 Å². The third kappa shape index (κ3) is 3.98. The molecule has 0 unspecified atom stereocenters. The third-order valence-corrected chi connectivity index (χ3v) is 3.11. The lowest BCUT2D eigenvalue weighted by molar-refractivity contribution is 0.305. The minimum atomic E-state index is 0.514.